The van der Waals surface area contributed by atoms with Crippen LogP contribution in [0.15, 0.2) is 11.8 Å². The first-order chi connectivity index (χ1) is 9.22. The first-order valence-corrected chi connectivity index (χ1v) is 8.02. The molecule has 0 heterocycles. The summed E-state index contributed by atoms with van der Waals surface area (Å²) in [7, 11) is 1.71. The van der Waals surface area contributed by atoms with Crippen molar-refractivity contribution < 1.29 is 9.53 Å². The van der Waals surface area contributed by atoms with E-state index >= 15 is 0 Å². The lowest BCUT2D eigenvalue weighted by atomic mass is 9.88. The molecule has 0 aromatic heterocycles. The molecule has 114 valence electrons. The van der Waals surface area contributed by atoms with Gasteiger partial charge in [0.05, 0.1) is 7.11 Å². The summed E-state index contributed by atoms with van der Waals surface area (Å²) in [6.07, 6.45) is 8.55. The van der Waals surface area contributed by atoms with Gasteiger partial charge in [0, 0.05) is 17.9 Å². The highest BCUT2D eigenvalue weighted by molar-refractivity contribution is 5.92. The molecule has 0 amide bonds. The molecular formula is C18H30O2. The minimum atomic E-state index is 0.213. The van der Waals surface area contributed by atoms with Crippen molar-refractivity contribution >= 4 is 5.78 Å². The molecule has 0 aliphatic heterocycles. The van der Waals surface area contributed by atoms with Crippen LogP contribution in [0.1, 0.15) is 66.2 Å². The zero-order chi connectivity index (χ0) is 15.0. The topological polar surface area (TPSA) is 26.3 Å². The van der Waals surface area contributed by atoms with Gasteiger partial charge in [-0.25, -0.2) is 0 Å². The molecule has 2 heteroatoms. The van der Waals surface area contributed by atoms with E-state index in [4.69, 9.17) is 4.74 Å². The molecule has 2 aliphatic rings. The van der Waals surface area contributed by atoms with E-state index in [1.807, 2.05) is 6.08 Å². The Morgan fingerprint density at radius 3 is 1.90 bits per heavy atom. The normalized spacial score (nSPS) is 32.4. The summed E-state index contributed by atoms with van der Waals surface area (Å²) < 4.78 is 5.55. The molecule has 0 radical (unpaired) electrons. The molecule has 2 aliphatic carbocycles. The Hall–Kier alpha value is -0.790. The van der Waals surface area contributed by atoms with Crippen LogP contribution >= 0.6 is 0 Å². The number of hydrogen-bond acceptors (Lipinski definition) is 2. The van der Waals surface area contributed by atoms with E-state index in [-0.39, 0.29) is 11.7 Å². The highest BCUT2D eigenvalue weighted by Gasteiger charge is 2.36. The maximum atomic E-state index is 12.5. The molecule has 2 fully saturated rings. The van der Waals surface area contributed by atoms with Crippen molar-refractivity contribution in [2.75, 3.05) is 7.11 Å². The fraction of sp³-hybridized carbons (Fsp3) is 0.833. The Morgan fingerprint density at radius 2 is 1.50 bits per heavy atom. The highest BCUT2D eigenvalue weighted by Crippen LogP contribution is 2.45. The van der Waals surface area contributed by atoms with Crippen molar-refractivity contribution in [1.29, 1.82) is 0 Å². The molecule has 0 aromatic carbocycles. The minimum Gasteiger partial charge on any atom is -0.501 e. The van der Waals surface area contributed by atoms with Gasteiger partial charge in [-0.2, -0.15) is 0 Å². The average Bonchev–Trinajstić information content (AvgIpc) is 2.88. The van der Waals surface area contributed by atoms with Gasteiger partial charge >= 0.3 is 0 Å². The molecule has 20 heavy (non-hydrogen) atoms. The zero-order valence-corrected chi connectivity index (χ0v) is 13.8. The Kier molecular flexibility index (Phi) is 4.32. The Balaban J connectivity index is 2.02. The van der Waals surface area contributed by atoms with Crippen molar-refractivity contribution in [1.82, 2.24) is 0 Å². The number of allylic oxidation sites excluding steroid dienone is 2. The lowest BCUT2D eigenvalue weighted by Gasteiger charge is -2.19. The second-order valence-electron chi connectivity index (χ2n) is 8.36. The van der Waals surface area contributed by atoms with Crippen LogP contribution in [0.25, 0.3) is 0 Å². The Morgan fingerprint density at radius 1 is 1.00 bits per heavy atom. The third kappa shape index (κ3) is 3.65. The van der Waals surface area contributed by atoms with Gasteiger partial charge in [0.1, 0.15) is 5.76 Å². The first-order valence-electron chi connectivity index (χ1n) is 8.02. The molecular weight excluding hydrogens is 248 g/mol. The summed E-state index contributed by atoms with van der Waals surface area (Å²) in [4.78, 5) is 12.5. The average molecular weight is 278 g/mol. The molecule has 0 N–H and O–H groups in total. The third-order valence-corrected chi connectivity index (χ3v) is 5.26. The van der Waals surface area contributed by atoms with Crippen LogP contribution in [0.2, 0.25) is 0 Å². The van der Waals surface area contributed by atoms with E-state index in [2.05, 4.69) is 27.7 Å². The number of ether oxygens (including phenoxy) is 1. The number of rotatable bonds is 4. The van der Waals surface area contributed by atoms with Crippen molar-refractivity contribution in [2.45, 2.75) is 66.2 Å². The highest BCUT2D eigenvalue weighted by atomic mass is 16.5. The van der Waals surface area contributed by atoms with Crippen LogP contribution in [0.5, 0.6) is 0 Å². The summed E-state index contributed by atoms with van der Waals surface area (Å²) in [6, 6.07) is 0. The Bertz CT molecular complexity index is 404. The fourth-order valence-corrected chi connectivity index (χ4v) is 3.96. The standard InChI is InChI=1S/C18H30O2/c1-17(2)8-6-13(11-17)15(19)10-16(20-5)14-7-9-18(3,4)12-14/h10,13-14H,6-9,11-12H2,1-5H3/b16-10-. The van der Waals surface area contributed by atoms with E-state index in [1.165, 1.54) is 6.42 Å². The van der Waals surface area contributed by atoms with Crippen molar-refractivity contribution in [3.05, 3.63) is 11.8 Å². The quantitative estimate of drug-likeness (QED) is 0.548. The van der Waals surface area contributed by atoms with Gasteiger partial charge in [0.15, 0.2) is 5.78 Å². The summed E-state index contributed by atoms with van der Waals surface area (Å²) in [5.74, 6) is 1.86. The van der Waals surface area contributed by atoms with E-state index in [1.54, 1.807) is 7.11 Å². The zero-order valence-electron chi connectivity index (χ0n) is 13.8. The molecule has 2 nitrogen and oxygen atoms in total. The van der Waals surface area contributed by atoms with Crippen LogP contribution in [0.4, 0.5) is 0 Å². The third-order valence-electron chi connectivity index (χ3n) is 5.26. The largest absolute Gasteiger partial charge is 0.501 e. The molecule has 0 bridgehead atoms. The summed E-state index contributed by atoms with van der Waals surface area (Å²) in [6.45, 7) is 9.14. The van der Waals surface area contributed by atoms with Gasteiger partial charge in [0.25, 0.3) is 0 Å². The molecule has 0 saturated heterocycles. The predicted octanol–water partition coefficient (Wildman–Crippen LogP) is 4.74. The molecule has 2 atom stereocenters. The van der Waals surface area contributed by atoms with Crippen molar-refractivity contribution in [3.8, 4) is 0 Å². The van der Waals surface area contributed by atoms with E-state index < -0.39 is 0 Å². The fourth-order valence-electron chi connectivity index (χ4n) is 3.96. The van der Waals surface area contributed by atoms with Crippen LogP contribution in [0, 0.1) is 22.7 Å². The van der Waals surface area contributed by atoms with Gasteiger partial charge in [-0.05, 0) is 49.4 Å². The minimum absolute atomic E-state index is 0.213. The number of ketones is 1. The van der Waals surface area contributed by atoms with Crippen molar-refractivity contribution in [2.24, 2.45) is 22.7 Å². The summed E-state index contributed by atoms with van der Waals surface area (Å²) >= 11 is 0. The Labute approximate surface area is 124 Å². The molecule has 0 spiro atoms. The second kappa shape index (κ2) is 5.54. The molecule has 2 rings (SSSR count). The van der Waals surface area contributed by atoms with E-state index in [0.29, 0.717) is 16.7 Å². The predicted molar refractivity (Wildman–Crippen MR) is 82.3 cm³/mol. The van der Waals surface area contributed by atoms with Gasteiger partial charge in [-0.1, -0.05) is 27.7 Å². The van der Waals surface area contributed by atoms with E-state index in [9.17, 15) is 4.79 Å². The number of hydrogen-bond donors (Lipinski definition) is 0. The van der Waals surface area contributed by atoms with Crippen LogP contribution in [-0.2, 0) is 9.53 Å². The van der Waals surface area contributed by atoms with Crippen LogP contribution in [0.3, 0.4) is 0 Å². The van der Waals surface area contributed by atoms with Crippen molar-refractivity contribution in [3.63, 3.8) is 0 Å². The maximum Gasteiger partial charge on any atom is 0.162 e. The molecule has 2 saturated carbocycles. The number of carbonyl (C=O) groups is 1. The van der Waals surface area contributed by atoms with Crippen LogP contribution < -0.4 is 0 Å². The first kappa shape index (κ1) is 15.6. The SMILES string of the molecule is CO/C(=C\C(=O)C1CCC(C)(C)C1)C1CCC(C)(C)C1. The van der Waals surface area contributed by atoms with Gasteiger partial charge in [-0.15, -0.1) is 0 Å². The van der Waals surface area contributed by atoms with Gasteiger partial charge in [0.2, 0.25) is 0 Å². The maximum absolute atomic E-state index is 12.5. The molecule has 2 unspecified atom stereocenters. The molecule has 0 aromatic rings. The van der Waals surface area contributed by atoms with Gasteiger partial charge < -0.3 is 4.74 Å². The lowest BCUT2D eigenvalue weighted by Crippen LogP contribution is -2.14. The monoisotopic (exact) mass is 278 g/mol. The summed E-state index contributed by atoms with van der Waals surface area (Å²) in [5.41, 5.74) is 0.720. The second-order valence-corrected chi connectivity index (χ2v) is 8.36. The number of carbonyl (C=O) groups excluding carboxylic acids is 1. The van der Waals surface area contributed by atoms with Gasteiger partial charge in [-0.3, -0.25) is 4.79 Å². The lowest BCUT2D eigenvalue weighted by molar-refractivity contribution is -0.118. The number of methoxy groups -OCH3 is 1. The smallest absolute Gasteiger partial charge is 0.162 e. The summed E-state index contributed by atoms with van der Waals surface area (Å²) in [5, 5.41) is 0. The van der Waals surface area contributed by atoms with Crippen LogP contribution in [-0.4, -0.2) is 12.9 Å². The van der Waals surface area contributed by atoms with E-state index in [0.717, 1.165) is 37.9 Å².